The number of hydrogen-bond acceptors (Lipinski definition) is 4. The highest BCUT2D eigenvalue weighted by molar-refractivity contribution is 5.69. The van der Waals surface area contributed by atoms with Gasteiger partial charge in [-0.25, -0.2) is 9.78 Å². The SMILES string of the molecule is CC(C)(C)OC(=O)N1CCC(C=O)(n2ccnc2)CC1. The van der Waals surface area contributed by atoms with E-state index >= 15 is 0 Å². The van der Waals surface area contributed by atoms with Crippen LogP contribution in [0.25, 0.3) is 0 Å². The predicted octanol–water partition coefficient (Wildman–Crippen LogP) is 1.81. The van der Waals surface area contributed by atoms with E-state index in [9.17, 15) is 9.59 Å². The van der Waals surface area contributed by atoms with Crippen molar-refractivity contribution in [1.29, 1.82) is 0 Å². The second-order valence-corrected chi connectivity index (χ2v) is 6.16. The summed E-state index contributed by atoms with van der Waals surface area (Å²) in [5, 5.41) is 0. The van der Waals surface area contributed by atoms with Gasteiger partial charge in [0, 0.05) is 25.5 Å². The molecule has 1 saturated heterocycles. The molecule has 2 rings (SSSR count). The maximum atomic E-state index is 12.0. The zero-order valence-corrected chi connectivity index (χ0v) is 12.2. The first-order valence-electron chi connectivity index (χ1n) is 6.79. The number of ether oxygens (including phenoxy) is 1. The number of piperidine rings is 1. The summed E-state index contributed by atoms with van der Waals surface area (Å²) in [5.41, 5.74) is -1.09. The first kappa shape index (κ1) is 14.6. The molecule has 1 aromatic heterocycles. The summed E-state index contributed by atoms with van der Waals surface area (Å²) in [6, 6.07) is 0. The predicted molar refractivity (Wildman–Crippen MR) is 73.3 cm³/mol. The standard InChI is InChI=1S/C14H21N3O3/c1-13(2,3)20-12(19)16-7-4-14(10-18,5-8-16)17-9-6-15-11-17/h6,9-11H,4-5,7-8H2,1-3H3. The fraction of sp³-hybridized carbons (Fsp3) is 0.643. The van der Waals surface area contributed by atoms with Crippen LogP contribution in [0.4, 0.5) is 4.79 Å². The summed E-state index contributed by atoms with van der Waals surface area (Å²) >= 11 is 0. The normalized spacial score (nSPS) is 18.6. The summed E-state index contributed by atoms with van der Waals surface area (Å²) < 4.78 is 7.18. The van der Waals surface area contributed by atoms with Crippen LogP contribution in [0.15, 0.2) is 18.7 Å². The van der Waals surface area contributed by atoms with Gasteiger partial charge >= 0.3 is 6.09 Å². The molecule has 1 aromatic rings. The van der Waals surface area contributed by atoms with E-state index in [0.29, 0.717) is 25.9 Å². The Morgan fingerprint density at radius 1 is 1.35 bits per heavy atom. The average molecular weight is 279 g/mol. The minimum absolute atomic E-state index is 0.317. The van der Waals surface area contributed by atoms with Crippen molar-refractivity contribution >= 4 is 12.4 Å². The summed E-state index contributed by atoms with van der Waals surface area (Å²) in [4.78, 5) is 29.1. The molecule has 0 radical (unpaired) electrons. The number of amides is 1. The number of carbonyl (C=O) groups is 2. The lowest BCUT2D eigenvalue weighted by Gasteiger charge is -2.39. The van der Waals surface area contributed by atoms with Crippen molar-refractivity contribution in [3.63, 3.8) is 0 Å². The van der Waals surface area contributed by atoms with Crippen molar-refractivity contribution in [1.82, 2.24) is 14.5 Å². The average Bonchev–Trinajstić information content (AvgIpc) is 2.91. The monoisotopic (exact) mass is 279 g/mol. The molecular formula is C14H21N3O3. The number of nitrogens with zero attached hydrogens (tertiary/aromatic N) is 3. The van der Waals surface area contributed by atoms with Crippen molar-refractivity contribution in [3.8, 4) is 0 Å². The number of likely N-dealkylation sites (tertiary alicyclic amines) is 1. The highest BCUT2D eigenvalue weighted by atomic mass is 16.6. The van der Waals surface area contributed by atoms with E-state index in [0.717, 1.165) is 6.29 Å². The summed E-state index contributed by atoms with van der Waals surface area (Å²) in [6.45, 7) is 6.54. The van der Waals surface area contributed by atoms with E-state index < -0.39 is 11.1 Å². The molecule has 2 heterocycles. The van der Waals surface area contributed by atoms with E-state index in [1.807, 2.05) is 25.3 Å². The smallest absolute Gasteiger partial charge is 0.410 e. The third kappa shape index (κ3) is 3.00. The van der Waals surface area contributed by atoms with Crippen LogP contribution in [0.1, 0.15) is 33.6 Å². The van der Waals surface area contributed by atoms with Crippen LogP contribution in [0, 0.1) is 0 Å². The lowest BCUT2D eigenvalue weighted by atomic mass is 9.89. The van der Waals surface area contributed by atoms with E-state index in [-0.39, 0.29) is 6.09 Å². The molecule has 6 nitrogen and oxygen atoms in total. The van der Waals surface area contributed by atoms with Crippen molar-refractivity contribution in [2.45, 2.75) is 44.8 Å². The topological polar surface area (TPSA) is 64.4 Å². The molecule has 0 aromatic carbocycles. The van der Waals surface area contributed by atoms with Gasteiger partial charge in [-0.15, -0.1) is 0 Å². The second-order valence-electron chi connectivity index (χ2n) is 6.16. The summed E-state index contributed by atoms with van der Waals surface area (Å²) in [6.07, 6.45) is 6.89. The lowest BCUT2D eigenvalue weighted by molar-refractivity contribution is -0.117. The van der Waals surface area contributed by atoms with Gasteiger partial charge in [0.2, 0.25) is 0 Å². The Morgan fingerprint density at radius 2 is 2.00 bits per heavy atom. The molecule has 110 valence electrons. The Morgan fingerprint density at radius 3 is 2.45 bits per heavy atom. The number of aldehydes is 1. The Hall–Kier alpha value is -1.85. The van der Waals surface area contributed by atoms with Crippen LogP contribution in [-0.4, -0.2) is 45.5 Å². The quantitative estimate of drug-likeness (QED) is 0.774. The van der Waals surface area contributed by atoms with E-state index in [4.69, 9.17) is 4.74 Å². The van der Waals surface area contributed by atoms with Crippen LogP contribution in [0.3, 0.4) is 0 Å². The fourth-order valence-electron chi connectivity index (χ4n) is 2.36. The van der Waals surface area contributed by atoms with Crippen LogP contribution >= 0.6 is 0 Å². The van der Waals surface area contributed by atoms with Crippen molar-refractivity contribution < 1.29 is 14.3 Å². The van der Waals surface area contributed by atoms with Gasteiger partial charge in [0.05, 0.1) is 6.33 Å². The van der Waals surface area contributed by atoms with Crippen LogP contribution in [0.2, 0.25) is 0 Å². The number of carbonyl (C=O) groups excluding carboxylic acids is 2. The Balaban J connectivity index is 2.01. The van der Waals surface area contributed by atoms with Crippen LogP contribution in [-0.2, 0) is 15.1 Å². The summed E-state index contributed by atoms with van der Waals surface area (Å²) in [5.74, 6) is 0. The van der Waals surface area contributed by atoms with Gasteiger partial charge in [-0.1, -0.05) is 0 Å². The van der Waals surface area contributed by atoms with Crippen LogP contribution < -0.4 is 0 Å². The molecule has 0 aliphatic carbocycles. The largest absolute Gasteiger partial charge is 0.444 e. The minimum Gasteiger partial charge on any atom is -0.444 e. The zero-order valence-electron chi connectivity index (χ0n) is 12.2. The zero-order chi connectivity index (χ0) is 14.8. The molecular weight excluding hydrogens is 258 g/mol. The highest BCUT2D eigenvalue weighted by Gasteiger charge is 2.38. The number of aromatic nitrogens is 2. The van der Waals surface area contributed by atoms with Gasteiger partial charge in [0.25, 0.3) is 0 Å². The molecule has 0 spiro atoms. The van der Waals surface area contributed by atoms with Gasteiger partial charge in [-0.2, -0.15) is 0 Å². The molecule has 1 aliphatic rings. The van der Waals surface area contributed by atoms with E-state index in [2.05, 4.69) is 4.98 Å². The molecule has 0 saturated carbocycles. The second kappa shape index (κ2) is 5.26. The minimum atomic E-state index is -0.588. The first-order chi connectivity index (χ1) is 9.36. The van der Waals surface area contributed by atoms with E-state index in [1.165, 1.54) is 0 Å². The van der Waals surface area contributed by atoms with Gasteiger partial charge in [0.15, 0.2) is 0 Å². The molecule has 0 atom stereocenters. The molecule has 0 N–H and O–H groups in total. The van der Waals surface area contributed by atoms with Crippen molar-refractivity contribution in [2.75, 3.05) is 13.1 Å². The highest BCUT2D eigenvalue weighted by Crippen LogP contribution is 2.28. The van der Waals surface area contributed by atoms with Gasteiger partial charge < -0.3 is 19.0 Å². The van der Waals surface area contributed by atoms with Gasteiger partial charge in [0.1, 0.15) is 17.4 Å². The van der Waals surface area contributed by atoms with E-state index in [1.54, 1.807) is 23.6 Å². The molecule has 6 heteroatoms. The molecule has 1 amide bonds. The van der Waals surface area contributed by atoms with Crippen molar-refractivity contribution in [2.24, 2.45) is 0 Å². The number of rotatable bonds is 2. The fourth-order valence-corrected chi connectivity index (χ4v) is 2.36. The number of imidazole rings is 1. The summed E-state index contributed by atoms with van der Waals surface area (Å²) in [7, 11) is 0. The Bertz CT molecular complexity index is 468. The molecule has 0 bridgehead atoms. The molecule has 0 unspecified atom stereocenters. The van der Waals surface area contributed by atoms with Gasteiger partial charge in [-0.3, -0.25) is 0 Å². The first-order valence-corrected chi connectivity index (χ1v) is 6.79. The maximum Gasteiger partial charge on any atom is 0.410 e. The third-order valence-electron chi connectivity index (χ3n) is 3.52. The maximum absolute atomic E-state index is 12.0. The molecule has 20 heavy (non-hydrogen) atoms. The molecule has 1 fully saturated rings. The van der Waals surface area contributed by atoms with Gasteiger partial charge in [-0.05, 0) is 33.6 Å². The molecule has 1 aliphatic heterocycles. The lowest BCUT2D eigenvalue weighted by Crippen LogP contribution is -2.49. The number of hydrogen-bond donors (Lipinski definition) is 0. The van der Waals surface area contributed by atoms with Crippen molar-refractivity contribution in [3.05, 3.63) is 18.7 Å². The van der Waals surface area contributed by atoms with Crippen LogP contribution in [0.5, 0.6) is 0 Å². The third-order valence-corrected chi connectivity index (χ3v) is 3.52. The Labute approximate surface area is 118 Å². The Kier molecular flexibility index (Phi) is 3.83.